The Hall–Kier alpha value is -0.840. The van der Waals surface area contributed by atoms with E-state index in [4.69, 9.17) is 19.6 Å². The summed E-state index contributed by atoms with van der Waals surface area (Å²) < 4.78 is 15.5. The Balaban J connectivity index is 2.17. The van der Waals surface area contributed by atoms with Crippen molar-refractivity contribution >= 4 is 0 Å². The van der Waals surface area contributed by atoms with E-state index < -0.39 is 0 Å². The molecule has 14 heavy (non-hydrogen) atoms. The summed E-state index contributed by atoms with van der Waals surface area (Å²) in [6.07, 6.45) is 2.54. The van der Waals surface area contributed by atoms with Crippen molar-refractivity contribution in [3.63, 3.8) is 0 Å². The van der Waals surface area contributed by atoms with Crippen LogP contribution in [0.3, 0.4) is 0 Å². The maximum absolute atomic E-state index is 5.48. The maximum atomic E-state index is 5.48. The third-order valence-electron chi connectivity index (χ3n) is 1.92. The first kappa shape index (κ1) is 11.2. The number of hydrogen-bond donors (Lipinski definition) is 1. The second-order valence-electron chi connectivity index (χ2n) is 2.97. The summed E-state index contributed by atoms with van der Waals surface area (Å²) in [7, 11) is 1.68. The maximum Gasteiger partial charge on any atom is 0.122 e. The highest BCUT2D eigenvalue weighted by molar-refractivity contribution is 5.15. The van der Waals surface area contributed by atoms with Crippen LogP contribution in [-0.4, -0.2) is 20.3 Å². The second-order valence-corrected chi connectivity index (χ2v) is 2.97. The molecule has 1 heterocycles. The van der Waals surface area contributed by atoms with Gasteiger partial charge in [0.05, 0.1) is 19.4 Å². The van der Waals surface area contributed by atoms with Gasteiger partial charge in [-0.15, -0.1) is 0 Å². The lowest BCUT2D eigenvalue weighted by atomic mass is 10.2. The van der Waals surface area contributed by atoms with Gasteiger partial charge in [0.15, 0.2) is 0 Å². The highest BCUT2D eigenvalue weighted by Gasteiger charge is 2.03. The number of furan rings is 1. The molecule has 0 aliphatic rings. The molecule has 4 heteroatoms. The Morgan fingerprint density at radius 3 is 3.00 bits per heavy atom. The van der Waals surface area contributed by atoms with Gasteiger partial charge >= 0.3 is 0 Å². The molecule has 0 saturated heterocycles. The zero-order valence-electron chi connectivity index (χ0n) is 8.49. The Bertz CT molecular complexity index is 247. The molecule has 2 N–H and O–H groups in total. The molecular formula is C10H17NO3. The first-order valence-corrected chi connectivity index (χ1v) is 4.70. The lowest BCUT2D eigenvalue weighted by Crippen LogP contribution is -2.02. The summed E-state index contributed by atoms with van der Waals surface area (Å²) in [5.74, 6) is 0.803. The summed E-state index contributed by atoms with van der Waals surface area (Å²) in [6.45, 7) is 2.41. The van der Waals surface area contributed by atoms with Gasteiger partial charge in [-0.25, -0.2) is 0 Å². The topological polar surface area (TPSA) is 57.6 Å². The predicted molar refractivity (Wildman–Crippen MR) is 52.7 cm³/mol. The fourth-order valence-electron chi connectivity index (χ4n) is 1.16. The van der Waals surface area contributed by atoms with Gasteiger partial charge in [-0.05, 0) is 12.5 Å². The van der Waals surface area contributed by atoms with Gasteiger partial charge in [-0.3, -0.25) is 0 Å². The quantitative estimate of drug-likeness (QED) is 0.672. The Morgan fingerprint density at radius 1 is 1.43 bits per heavy atom. The smallest absolute Gasteiger partial charge is 0.122 e. The van der Waals surface area contributed by atoms with E-state index in [1.54, 1.807) is 13.4 Å². The van der Waals surface area contributed by atoms with Gasteiger partial charge < -0.3 is 19.6 Å². The molecule has 0 radical (unpaired) electrons. The molecule has 0 amide bonds. The van der Waals surface area contributed by atoms with Crippen molar-refractivity contribution in [3.05, 3.63) is 23.7 Å². The van der Waals surface area contributed by atoms with E-state index in [1.807, 2.05) is 6.07 Å². The van der Waals surface area contributed by atoms with Crippen LogP contribution in [0.1, 0.15) is 17.7 Å². The zero-order valence-corrected chi connectivity index (χ0v) is 8.49. The first-order valence-electron chi connectivity index (χ1n) is 4.70. The molecule has 0 aliphatic heterocycles. The Labute approximate surface area is 84.0 Å². The fraction of sp³-hybridized carbons (Fsp3) is 0.600. The molecule has 1 aromatic rings. The highest BCUT2D eigenvalue weighted by atomic mass is 16.5. The predicted octanol–water partition coefficient (Wildman–Crippen LogP) is 1.29. The number of nitrogens with two attached hydrogens (primary N) is 1. The van der Waals surface area contributed by atoms with Gasteiger partial charge in [0.2, 0.25) is 0 Å². The number of ether oxygens (including phenoxy) is 2. The third kappa shape index (κ3) is 3.49. The lowest BCUT2D eigenvalue weighted by molar-refractivity contribution is 0.0920. The highest BCUT2D eigenvalue weighted by Crippen LogP contribution is 2.10. The summed E-state index contributed by atoms with van der Waals surface area (Å²) in [5.41, 5.74) is 6.51. The molecule has 80 valence electrons. The minimum Gasteiger partial charge on any atom is -0.468 e. The molecule has 0 atom stereocenters. The molecule has 1 aromatic heterocycles. The van der Waals surface area contributed by atoms with Crippen molar-refractivity contribution in [1.82, 2.24) is 0 Å². The minimum absolute atomic E-state index is 0.420. The van der Waals surface area contributed by atoms with Crippen LogP contribution in [0.4, 0.5) is 0 Å². The SMILES string of the molecule is COCCCOCc1ccoc1CN. The van der Waals surface area contributed by atoms with Gasteiger partial charge in [0, 0.05) is 25.9 Å². The van der Waals surface area contributed by atoms with Gasteiger partial charge in [0.25, 0.3) is 0 Å². The van der Waals surface area contributed by atoms with E-state index in [0.29, 0.717) is 19.8 Å². The van der Waals surface area contributed by atoms with Gasteiger partial charge in [-0.2, -0.15) is 0 Å². The molecule has 1 rings (SSSR count). The molecule has 0 aliphatic carbocycles. The number of hydrogen-bond acceptors (Lipinski definition) is 4. The van der Waals surface area contributed by atoms with Crippen LogP contribution >= 0.6 is 0 Å². The summed E-state index contributed by atoms with van der Waals surface area (Å²) in [4.78, 5) is 0. The van der Waals surface area contributed by atoms with Crippen LogP contribution in [0.2, 0.25) is 0 Å². The van der Waals surface area contributed by atoms with Crippen molar-refractivity contribution in [2.75, 3.05) is 20.3 Å². The van der Waals surface area contributed by atoms with Crippen molar-refractivity contribution in [3.8, 4) is 0 Å². The summed E-state index contributed by atoms with van der Waals surface area (Å²) >= 11 is 0. The summed E-state index contributed by atoms with van der Waals surface area (Å²) in [6, 6.07) is 1.89. The van der Waals surface area contributed by atoms with Crippen molar-refractivity contribution in [1.29, 1.82) is 0 Å². The molecular weight excluding hydrogens is 182 g/mol. The summed E-state index contributed by atoms with van der Waals surface area (Å²) in [5, 5.41) is 0. The van der Waals surface area contributed by atoms with Crippen molar-refractivity contribution in [2.24, 2.45) is 5.73 Å². The number of methoxy groups -OCH3 is 1. The van der Waals surface area contributed by atoms with E-state index >= 15 is 0 Å². The van der Waals surface area contributed by atoms with Gasteiger partial charge in [-0.1, -0.05) is 0 Å². The van der Waals surface area contributed by atoms with E-state index in [9.17, 15) is 0 Å². The molecule has 0 saturated carbocycles. The first-order chi connectivity index (χ1) is 6.88. The largest absolute Gasteiger partial charge is 0.468 e. The van der Waals surface area contributed by atoms with Crippen LogP contribution in [0.25, 0.3) is 0 Å². The molecule has 0 fully saturated rings. The van der Waals surface area contributed by atoms with Crippen LogP contribution in [0, 0.1) is 0 Å². The standard InChI is InChI=1S/C10H17NO3/c1-12-4-2-5-13-8-9-3-6-14-10(9)7-11/h3,6H,2,4-5,7-8,11H2,1H3. The van der Waals surface area contributed by atoms with Crippen LogP contribution < -0.4 is 5.73 Å². The Kier molecular flexibility index (Phi) is 5.29. The van der Waals surface area contributed by atoms with E-state index in [0.717, 1.165) is 24.4 Å². The van der Waals surface area contributed by atoms with E-state index in [2.05, 4.69) is 0 Å². The average molecular weight is 199 g/mol. The van der Waals surface area contributed by atoms with E-state index in [1.165, 1.54) is 0 Å². The van der Waals surface area contributed by atoms with Crippen LogP contribution in [0.15, 0.2) is 16.7 Å². The van der Waals surface area contributed by atoms with Crippen molar-refractivity contribution < 1.29 is 13.9 Å². The minimum atomic E-state index is 0.420. The molecule has 0 spiro atoms. The molecule has 0 unspecified atom stereocenters. The Morgan fingerprint density at radius 2 is 2.29 bits per heavy atom. The third-order valence-corrected chi connectivity index (χ3v) is 1.92. The lowest BCUT2D eigenvalue weighted by Gasteiger charge is -2.03. The second kappa shape index (κ2) is 6.59. The van der Waals surface area contributed by atoms with E-state index in [-0.39, 0.29) is 0 Å². The normalized spacial score (nSPS) is 10.7. The fourth-order valence-corrected chi connectivity index (χ4v) is 1.16. The van der Waals surface area contributed by atoms with Crippen molar-refractivity contribution in [2.45, 2.75) is 19.6 Å². The van der Waals surface area contributed by atoms with Crippen LogP contribution in [-0.2, 0) is 22.6 Å². The zero-order chi connectivity index (χ0) is 10.2. The monoisotopic (exact) mass is 199 g/mol. The van der Waals surface area contributed by atoms with Gasteiger partial charge in [0.1, 0.15) is 5.76 Å². The molecule has 0 bridgehead atoms. The van der Waals surface area contributed by atoms with Crippen LogP contribution in [0.5, 0.6) is 0 Å². The molecule has 0 aromatic carbocycles. The number of rotatable bonds is 7. The average Bonchev–Trinajstić information content (AvgIpc) is 2.65. The molecule has 4 nitrogen and oxygen atoms in total.